The van der Waals surface area contributed by atoms with Gasteiger partial charge in [0.05, 0.1) is 26.2 Å². The first-order valence-electron chi connectivity index (χ1n) is 6.49. The Balaban J connectivity index is -0.0000000234. The van der Waals surface area contributed by atoms with Gasteiger partial charge in [-0.2, -0.15) is 0 Å². The van der Waals surface area contributed by atoms with Crippen LogP contribution >= 0.6 is 18.8 Å². The molecule has 0 aromatic heterocycles. The Morgan fingerprint density at radius 1 is 0.739 bits per heavy atom. The molecule has 0 atom stereocenters. The van der Waals surface area contributed by atoms with Gasteiger partial charge in [-0.1, -0.05) is 6.92 Å². The molecule has 11 heteroatoms. The Bertz CT molecular complexity index is 103. The summed E-state index contributed by atoms with van der Waals surface area (Å²) in [6.45, 7) is 10.1. The molecule has 7 nitrogen and oxygen atoms in total. The second-order valence-electron chi connectivity index (χ2n) is 3.56. The second-order valence-corrected chi connectivity index (χ2v) is 3.56. The van der Waals surface area contributed by atoms with Crippen molar-refractivity contribution in [1.29, 1.82) is 0 Å². The summed E-state index contributed by atoms with van der Waals surface area (Å²) in [5, 5.41) is 4.49. The predicted octanol–water partition coefficient (Wildman–Crippen LogP) is 4.39. The van der Waals surface area contributed by atoms with Crippen LogP contribution in [0.3, 0.4) is 0 Å². The zero-order valence-electron chi connectivity index (χ0n) is 14.6. The van der Waals surface area contributed by atoms with Crippen LogP contribution < -0.4 is 10.6 Å². The molecule has 0 unspecified atom stereocenters. The molecule has 0 fully saturated rings. The summed E-state index contributed by atoms with van der Waals surface area (Å²) in [4.78, 5) is 0. The number of hydrogen-bond acceptors (Lipinski definition) is 0. The third-order valence-electron chi connectivity index (χ3n) is 1.95. The number of hydrogen-bond donors (Lipinski definition) is 2. The summed E-state index contributed by atoms with van der Waals surface area (Å²) in [6, 6.07) is 0. The number of nitrogens with two attached hydrogens (primary N) is 5. The van der Waals surface area contributed by atoms with Gasteiger partial charge >= 0.3 is 56.4 Å². The van der Waals surface area contributed by atoms with Crippen molar-refractivity contribution in [2.75, 3.05) is 39.3 Å². The topological polar surface area (TPSA) is 181 Å². The van der Waals surface area contributed by atoms with Gasteiger partial charge in [0.25, 0.3) is 0 Å². The van der Waals surface area contributed by atoms with Gasteiger partial charge < -0.3 is 48.0 Å². The molecule has 158 valence electrons. The van der Waals surface area contributed by atoms with Crippen LogP contribution in [-0.2, 0) is 37.5 Å². The third-order valence-corrected chi connectivity index (χ3v) is 1.95. The number of rotatable bonds is 9. The largest absolute Gasteiger partial charge is 0.693 e. The molecule has 0 aliphatic rings. The van der Waals surface area contributed by atoms with Crippen LogP contribution in [0.4, 0.5) is 0 Å². The second kappa shape index (κ2) is 75.8. The standard InChI is InChI=1S/C6H15N2.C5H13N2.CH3.2ClH.3H2N.2Pt/c1-2-5-8-6-3-4-7;1-2-7-5-3-4-6;;;;;;;;/h7-8H,2-6H2,1H3;6-7H,2-5H2,1H3;1H3;2*1H;3*1H2;;/q3*-1;;;3*-1;2*+2. The minimum absolute atomic E-state index is 0. The van der Waals surface area contributed by atoms with Gasteiger partial charge in [0.15, 0.2) is 0 Å². The van der Waals surface area contributed by atoms with Gasteiger partial charge in [0.1, 0.15) is 0 Å². The van der Waals surface area contributed by atoms with Crippen molar-refractivity contribution in [2.45, 2.75) is 33.1 Å². The Morgan fingerprint density at radius 2 is 1.09 bits per heavy atom. The molecule has 0 saturated heterocycles. The molecule has 0 aliphatic heterocycles. The van der Waals surface area contributed by atoms with Gasteiger partial charge in [0.2, 0.25) is 0 Å². The molecule has 0 aliphatic carbocycles. The molecular formula is C12H39Cl2N7Pt2-2. The summed E-state index contributed by atoms with van der Waals surface area (Å²) < 4.78 is 0. The summed E-state index contributed by atoms with van der Waals surface area (Å²) in [5.41, 5.74) is 13.6. The van der Waals surface area contributed by atoms with Crippen molar-refractivity contribution in [3.8, 4) is 0 Å². The fourth-order valence-corrected chi connectivity index (χ4v) is 1.05. The van der Waals surface area contributed by atoms with E-state index in [1.807, 2.05) is 0 Å². The van der Waals surface area contributed by atoms with E-state index in [1.54, 1.807) is 37.5 Å². The van der Waals surface area contributed by atoms with Crippen LogP contribution in [0.15, 0.2) is 0 Å². The first-order chi connectivity index (χ1) is 9.33. The molecule has 0 saturated carbocycles. The zero-order chi connectivity index (χ0) is 15.8. The maximum Gasteiger partial charge on any atom is -0.693 e. The predicted molar refractivity (Wildman–Crippen MR) is 101 cm³/mol. The Labute approximate surface area is 175 Å². The number of halogens is 2. The van der Waals surface area contributed by atoms with Crippen molar-refractivity contribution >= 4 is 18.8 Å². The van der Waals surface area contributed by atoms with Crippen molar-refractivity contribution < 1.29 is 48.2 Å². The Hall–Kier alpha value is 1.68. The fourth-order valence-electron chi connectivity index (χ4n) is 1.05. The van der Waals surface area contributed by atoms with Crippen LogP contribution in [0.2, 0.25) is 0 Å². The van der Waals surface area contributed by atoms with E-state index in [0.29, 0.717) is 13.1 Å². The molecular weight excluding hydrogens is 703 g/mol. The molecule has 0 spiro atoms. The van der Waals surface area contributed by atoms with E-state index in [1.165, 1.54) is 13.0 Å². The van der Waals surface area contributed by atoms with Crippen molar-refractivity contribution in [3.05, 3.63) is 37.3 Å². The molecule has 0 aromatic rings. The van der Waals surface area contributed by atoms with Gasteiger partial charge in [-0.15, -0.1) is 13.1 Å². The Kier molecular flexibility index (Phi) is 164. The van der Waals surface area contributed by atoms with Crippen molar-refractivity contribution in [3.63, 3.8) is 0 Å². The van der Waals surface area contributed by atoms with E-state index >= 15 is 0 Å². The SMILES string of the molecule is CCC[NH2+]CCC[NH-].CC[NH2+]CCC[NH-].[CH3-].[Cl][Pt+].[Cl][Pt+].[NH2-].[NH2-].[NH2-]. The first-order valence-corrected chi connectivity index (χ1v) is 12.1. The molecule has 0 bridgehead atoms. The number of quaternary nitrogens is 2. The van der Waals surface area contributed by atoms with Gasteiger partial charge in [-0.3, -0.25) is 0 Å². The molecule has 23 heavy (non-hydrogen) atoms. The van der Waals surface area contributed by atoms with Crippen LogP contribution in [0, 0.1) is 7.43 Å². The van der Waals surface area contributed by atoms with E-state index in [-0.39, 0.29) is 25.9 Å². The summed E-state index contributed by atoms with van der Waals surface area (Å²) >= 11 is 3.22. The van der Waals surface area contributed by atoms with Crippen molar-refractivity contribution in [2.24, 2.45) is 0 Å². The normalized spacial score (nSPS) is 6.87. The maximum atomic E-state index is 6.82. The van der Waals surface area contributed by atoms with Crippen LogP contribution in [-0.4, -0.2) is 39.3 Å². The van der Waals surface area contributed by atoms with E-state index in [2.05, 4.69) is 43.3 Å². The van der Waals surface area contributed by atoms with E-state index in [0.717, 1.165) is 32.5 Å². The minimum atomic E-state index is 0. The number of nitrogens with one attached hydrogen (secondary N) is 2. The molecule has 0 radical (unpaired) electrons. The van der Waals surface area contributed by atoms with E-state index in [9.17, 15) is 0 Å². The van der Waals surface area contributed by atoms with E-state index < -0.39 is 0 Å². The average molecular weight is 743 g/mol. The summed E-state index contributed by atoms with van der Waals surface area (Å²) in [6.07, 6.45) is 3.33. The Morgan fingerprint density at radius 3 is 1.35 bits per heavy atom. The quantitative estimate of drug-likeness (QED) is 0.252. The average Bonchev–Trinajstić information content (AvgIpc) is 2.49. The maximum absolute atomic E-state index is 6.82. The monoisotopic (exact) mass is 741 g/mol. The molecule has 12 N–H and O–H groups in total. The molecule has 0 amide bonds. The van der Waals surface area contributed by atoms with Crippen LogP contribution in [0.25, 0.3) is 29.9 Å². The van der Waals surface area contributed by atoms with Crippen LogP contribution in [0.5, 0.6) is 0 Å². The smallest absolute Gasteiger partial charge is 0.693 e. The molecule has 0 aromatic carbocycles. The third kappa shape index (κ3) is 97.6. The molecule has 0 rings (SSSR count). The van der Waals surface area contributed by atoms with Crippen LogP contribution in [0.1, 0.15) is 33.1 Å². The first kappa shape index (κ1) is 49.7. The summed E-state index contributed by atoms with van der Waals surface area (Å²) in [7, 11) is 9.22. The van der Waals surface area contributed by atoms with Gasteiger partial charge in [-0.05, 0) is 26.2 Å². The minimum Gasteiger partial charge on any atom is -0.693 e. The summed E-state index contributed by atoms with van der Waals surface area (Å²) in [5.74, 6) is 0. The van der Waals surface area contributed by atoms with Gasteiger partial charge in [-0.25, -0.2) is 0 Å². The van der Waals surface area contributed by atoms with E-state index in [4.69, 9.17) is 11.5 Å². The molecule has 0 heterocycles. The zero-order valence-corrected chi connectivity index (χ0v) is 20.7. The van der Waals surface area contributed by atoms with Gasteiger partial charge in [0, 0.05) is 0 Å². The van der Waals surface area contributed by atoms with Crippen molar-refractivity contribution in [1.82, 2.24) is 0 Å². The fraction of sp³-hybridized carbons (Fsp3) is 0.917.